The summed E-state index contributed by atoms with van der Waals surface area (Å²) in [7, 11) is 0. The van der Waals surface area contributed by atoms with E-state index >= 15 is 0 Å². The van der Waals surface area contributed by atoms with Crippen LogP contribution in [0, 0.1) is 0 Å². The second kappa shape index (κ2) is 4.96. The Hall–Kier alpha value is -1.79. The van der Waals surface area contributed by atoms with E-state index in [-0.39, 0.29) is 0 Å². The summed E-state index contributed by atoms with van der Waals surface area (Å²) in [5.74, 6) is -0.968. The van der Waals surface area contributed by atoms with Gasteiger partial charge in [-0.25, -0.2) is 4.79 Å². The molecule has 66 valence electrons. The number of carboxylic acids is 1. The van der Waals surface area contributed by atoms with E-state index in [4.69, 9.17) is 5.11 Å². The van der Waals surface area contributed by atoms with Gasteiger partial charge in [0.15, 0.2) is 0 Å². The number of aliphatic carboxylic acids is 1. The maximum Gasteiger partial charge on any atom is 0.336 e. The van der Waals surface area contributed by atoms with Crippen LogP contribution in [0.5, 0.6) is 0 Å². The number of benzene rings is 1. The lowest BCUT2D eigenvalue weighted by Gasteiger charge is -1.91. The highest BCUT2D eigenvalue weighted by Gasteiger charge is 1.85. The van der Waals surface area contributed by atoms with Gasteiger partial charge in [0.05, 0.1) is 6.08 Å². The highest BCUT2D eigenvalue weighted by molar-refractivity contribution is 5.79. The van der Waals surface area contributed by atoms with Crippen molar-refractivity contribution in [3.8, 4) is 0 Å². The molecule has 0 radical (unpaired) electrons. The van der Waals surface area contributed by atoms with Crippen LogP contribution in [0.15, 0.2) is 48.2 Å². The van der Waals surface area contributed by atoms with Crippen LogP contribution in [0.2, 0.25) is 0 Å². The van der Waals surface area contributed by atoms with Gasteiger partial charge >= 0.3 is 5.97 Å². The molecule has 13 heavy (non-hydrogen) atoms. The summed E-state index contributed by atoms with van der Waals surface area (Å²) in [5.41, 5.74) is 3.73. The molecular weight excluding hydrogens is 164 g/mol. The summed E-state index contributed by atoms with van der Waals surface area (Å²) in [6, 6.07) is 9.81. The Bertz CT molecular complexity index is 332. The molecule has 0 aliphatic heterocycles. The van der Waals surface area contributed by atoms with Gasteiger partial charge in [0.25, 0.3) is 0 Å². The minimum absolute atomic E-state index is 0.713. The number of hydrogen-bond acceptors (Lipinski definition) is 1. The predicted molar refractivity (Wildman–Crippen MR) is 50.4 cm³/mol. The second-order valence-electron chi connectivity index (χ2n) is 2.54. The van der Waals surface area contributed by atoms with Crippen LogP contribution in [0.1, 0.15) is 5.56 Å². The van der Waals surface area contributed by atoms with Crippen LogP contribution in [-0.4, -0.2) is 11.1 Å². The van der Waals surface area contributed by atoms with Crippen molar-refractivity contribution in [1.29, 1.82) is 0 Å². The zero-order valence-electron chi connectivity index (χ0n) is 7.10. The molecule has 0 heterocycles. The fraction of sp³-hybridized carbons (Fsp3) is 0.0909. The molecule has 1 aromatic carbocycles. The minimum Gasteiger partial charge on any atom is -0.478 e. The first-order valence-electron chi connectivity index (χ1n) is 3.97. The predicted octanol–water partition coefficient (Wildman–Crippen LogP) is 2.03. The van der Waals surface area contributed by atoms with Gasteiger partial charge in [-0.2, -0.15) is 0 Å². The van der Waals surface area contributed by atoms with Gasteiger partial charge in [-0.1, -0.05) is 30.3 Å². The molecular formula is C11H10O2. The van der Waals surface area contributed by atoms with Gasteiger partial charge in [-0.15, -0.1) is 5.73 Å². The molecule has 0 saturated heterocycles. The van der Waals surface area contributed by atoms with Crippen molar-refractivity contribution in [2.75, 3.05) is 0 Å². The molecule has 1 N–H and O–H groups in total. The monoisotopic (exact) mass is 174 g/mol. The lowest BCUT2D eigenvalue weighted by molar-refractivity contribution is -0.131. The molecule has 0 unspecified atom stereocenters. The number of hydrogen-bond donors (Lipinski definition) is 1. The largest absolute Gasteiger partial charge is 0.478 e. The summed E-state index contributed by atoms with van der Waals surface area (Å²) < 4.78 is 0. The number of carboxylic acid groups (broad SMARTS) is 1. The molecule has 1 aromatic rings. The zero-order valence-corrected chi connectivity index (χ0v) is 7.10. The molecule has 0 aliphatic rings. The Balaban J connectivity index is 2.53. The molecule has 0 amide bonds. The van der Waals surface area contributed by atoms with Gasteiger partial charge in [-0.05, 0) is 18.1 Å². The van der Waals surface area contributed by atoms with Gasteiger partial charge in [-0.3, -0.25) is 0 Å². The van der Waals surface area contributed by atoms with Crippen molar-refractivity contribution >= 4 is 5.97 Å². The summed E-state index contributed by atoms with van der Waals surface area (Å²) in [4.78, 5) is 10.1. The minimum atomic E-state index is -0.968. The molecule has 0 saturated carbocycles. The summed E-state index contributed by atoms with van der Waals surface area (Å²) in [5, 5.41) is 8.27. The van der Waals surface area contributed by atoms with Crippen molar-refractivity contribution in [3.05, 3.63) is 53.8 Å². The Labute approximate surface area is 76.8 Å². The van der Waals surface area contributed by atoms with E-state index in [1.807, 2.05) is 30.3 Å². The standard InChI is InChI=1S/C11H10O2/c12-11(13)9-5-4-8-10-6-2-1-3-7-10/h1-4,6-7,9H,8H2,(H,12,13). The third-order valence-electron chi connectivity index (χ3n) is 1.51. The molecule has 0 bridgehead atoms. The molecule has 0 atom stereocenters. The fourth-order valence-electron chi connectivity index (χ4n) is 0.921. The van der Waals surface area contributed by atoms with Gasteiger partial charge < -0.3 is 5.11 Å². The molecule has 1 rings (SSSR count). The van der Waals surface area contributed by atoms with Crippen LogP contribution in [-0.2, 0) is 11.2 Å². The van der Waals surface area contributed by atoms with Crippen molar-refractivity contribution in [2.45, 2.75) is 6.42 Å². The fourth-order valence-corrected chi connectivity index (χ4v) is 0.921. The average molecular weight is 174 g/mol. The van der Waals surface area contributed by atoms with E-state index in [0.717, 1.165) is 11.6 Å². The van der Waals surface area contributed by atoms with E-state index < -0.39 is 5.97 Å². The van der Waals surface area contributed by atoms with Crippen molar-refractivity contribution < 1.29 is 9.90 Å². The van der Waals surface area contributed by atoms with Crippen molar-refractivity contribution in [1.82, 2.24) is 0 Å². The molecule has 0 aromatic heterocycles. The smallest absolute Gasteiger partial charge is 0.336 e. The SMILES string of the molecule is O=C(O)C=C=CCc1ccccc1. The first-order valence-corrected chi connectivity index (χ1v) is 3.97. The summed E-state index contributed by atoms with van der Waals surface area (Å²) >= 11 is 0. The van der Waals surface area contributed by atoms with E-state index in [1.165, 1.54) is 0 Å². The third kappa shape index (κ3) is 3.94. The first kappa shape index (κ1) is 9.30. The topological polar surface area (TPSA) is 37.3 Å². The molecule has 2 nitrogen and oxygen atoms in total. The molecule has 0 aliphatic carbocycles. The molecule has 0 spiro atoms. The van der Waals surface area contributed by atoms with Gasteiger partial charge in [0, 0.05) is 0 Å². The Morgan fingerprint density at radius 3 is 2.69 bits per heavy atom. The van der Waals surface area contributed by atoms with E-state index in [2.05, 4.69) is 5.73 Å². The quantitative estimate of drug-likeness (QED) is 0.562. The molecule has 2 heteroatoms. The number of carbonyl (C=O) groups is 1. The lowest BCUT2D eigenvalue weighted by Crippen LogP contribution is -1.83. The number of rotatable bonds is 3. The summed E-state index contributed by atoms with van der Waals surface area (Å²) in [6.45, 7) is 0. The third-order valence-corrected chi connectivity index (χ3v) is 1.51. The molecule has 0 fully saturated rings. The normalized spacial score (nSPS) is 8.62. The van der Waals surface area contributed by atoms with Crippen LogP contribution in [0.3, 0.4) is 0 Å². The van der Waals surface area contributed by atoms with Crippen LogP contribution in [0.4, 0.5) is 0 Å². The Morgan fingerprint density at radius 2 is 2.08 bits per heavy atom. The van der Waals surface area contributed by atoms with Crippen molar-refractivity contribution in [3.63, 3.8) is 0 Å². The summed E-state index contributed by atoms with van der Waals surface area (Å²) in [6.07, 6.45) is 3.41. The van der Waals surface area contributed by atoms with Gasteiger partial charge in [0.2, 0.25) is 0 Å². The Kier molecular flexibility index (Phi) is 3.55. The first-order chi connectivity index (χ1) is 6.29. The van der Waals surface area contributed by atoms with Gasteiger partial charge in [0.1, 0.15) is 0 Å². The van der Waals surface area contributed by atoms with Crippen LogP contribution in [0.25, 0.3) is 0 Å². The van der Waals surface area contributed by atoms with Crippen LogP contribution >= 0.6 is 0 Å². The zero-order chi connectivity index (χ0) is 9.52. The van der Waals surface area contributed by atoms with Crippen LogP contribution < -0.4 is 0 Å². The second-order valence-corrected chi connectivity index (χ2v) is 2.54. The van der Waals surface area contributed by atoms with Crippen molar-refractivity contribution in [2.24, 2.45) is 0 Å². The highest BCUT2D eigenvalue weighted by atomic mass is 16.4. The lowest BCUT2D eigenvalue weighted by atomic mass is 10.1. The van der Waals surface area contributed by atoms with E-state index in [1.54, 1.807) is 6.08 Å². The highest BCUT2D eigenvalue weighted by Crippen LogP contribution is 1.99. The maximum absolute atomic E-state index is 10.1. The Morgan fingerprint density at radius 1 is 1.38 bits per heavy atom. The maximum atomic E-state index is 10.1. The average Bonchev–Trinajstić information content (AvgIpc) is 2.14. The van der Waals surface area contributed by atoms with E-state index in [9.17, 15) is 4.79 Å². The van der Waals surface area contributed by atoms with E-state index in [0.29, 0.717) is 6.42 Å².